The zero-order valence-corrected chi connectivity index (χ0v) is 17.4. The molecule has 9 unspecified atom stereocenters. The standard InChI is InChI=1S/2C9H18O6/c2*1-3(2)15-9-7(13)5(11)4(10)6(12)8(9)14/h2*3-14H,1-2H3/t4?,5-,6?,7?,8?,9?;4?,5-,6?,7?,8+,9?/m01/s1. The second-order valence-corrected chi connectivity index (χ2v) is 8.20. The van der Waals surface area contributed by atoms with Crippen molar-refractivity contribution < 1.29 is 60.5 Å². The van der Waals surface area contributed by atoms with Crippen molar-refractivity contribution in [3.05, 3.63) is 0 Å². The van der Waals surface area contributed by atoms with E-state index in [1.165, 1.54) is 0 Å². The van der Waals surface area contributed by atoms with Gasteiger partial charge in [0.1, 0.15) is 73.2 Å². The van der Waals surface area contributed by atoms with Crippen molar-refractivity contribution in [3.63, 3.8) is 0 Å². The molecule has 0 aliphatic heterocycles. The van der Waals surface area contributed by atoms with Gasteiger partial charge in [0.15, 0.2) is 0 Å². The lowest BCUT2D eigenvalue weighted by Crippen LogP contribution is -2.64. The molecule has 30 heavy (non-hydrogen) atoms. The van der Waals surface area contributed by atoms with Crippen LogP contribution in [-0.4, -0.2) is 137 Å². The summed E-state index contributed by atoms with van der Waals surface area (Å²) in [5, 5.41) is 94.1. The van der Waals surface area contributed by atoms with E-state index in [4.69, 9.17) is 9.47 Å². The van der Waals surface area contributed by atoms with E-state index in [1.54, 1.807) is 27.7 Å². The van der Waals surface area contributed by atoms with Crippen molar-refractivity contribution >= 4 is 0 Å². The normalized spacial score (nSPS) is 47.2. The summed E-state index contributed by atoms with van der Waals surface area (Å²) in [5.74, 6) is 0. The monoisotopic (exact) mass is 444 g/mol. The quantitative estimate of drug-likeness (QED) is 0.197. The Morgan fingerprint density at radius 3 is 0.700 bits per heavy atom. The lowest BCUT2D eigenvalue weighted by Gasteiger charge is -2.42. The summed E-state index contributed by atoms with van der Waals surface area (Å²) in [6, 6.07) is 0. The Kier molecular flexibility index (Phi) is 10.5. The highest BCUT2D eigenvalue weighted by atomic mass is 16.5. The average Bonchev–Trinajstić information content (AvgIpc) is 2.68. The van der Waals surface area contributed by atoms with E-state index in [1.807, 2.05) is 0 Å². The SMILES string of the molecule is CC(C)OC1C(O)C(O)C(O)[C@H](O)C1O.CC(C)OC1C(O)[C@H](O)C(O)C(O)[C@@H]1O. The van der Waals surface area contributed by atoms with Crippen LogP contribution in [0, 0.1) is 0 Å². The first-order valence-corrected chi connectivity index (χ1v) is 9.83. The van der Waals surface area contributed by atoms with E-state index in [-0.39, 0.29) is 12.2 Å². The third kappa shape index (κ3) is 6.28. The maximum Gasteiger partial charge on any atom is 0.115 e. The number of hydrogen-bond donors (Lipinski definition) is 10. The summed E-state index contributed by atoms with van der Waals surface area (Å²) in [4.78, 5) is 0. The smallest absolute Gasteiger partial charge is 0.115 e. The Morgan fingerprint density at radius 2 is 0.533 bits per heavy atom. The maximum atomic E-state index is 9.54. The Morgan fingerprint density at radius 1 is 0.367 bits per heavy atom. The van der Waals surface area contributed by atoms with E-state index >= 15 is 0 Å². The molecule has 180 valence electrons. The first kappa shape index (κ1) is 27.6. The van der Waals surface area contributed by atoms with E-state index in [0.717, 1.165) is 0 Å². The van der Waals surface area contributed by atoms with Crippen LogP contribution in [0.4, 0.5) is 0 Å². The molecule has 12 atom stereocenters. The Balaban J connectivity index is 0.000000300. The van der Waals surface area contributed by atoms with E-state index in [2.05, 4.69) is 0 Å². The van der Waals surface area contributed by atoms with Gasteiger partial charge in [-0.2, -0.15) is 0 Å². The molecule has 0 amide bonds. The van der Waals surface area contributed by atoms with Gasteiger partial charge in [-0.05, 0) is 27.7 Å². The molecule has 2 aliphatic rings. The predicted octanol–water partition coefficient (Wildman–Crippen LogP) is -4.80. The maximum absolute atomic E-state index is 9.54. The van der Waals surface area contributed by atoms with E-state index < -0.39 is 73.2 Å². The molecule has 12 heteroatoms. The van der Waals surface area contributed by atoms with Crippen molar-refractivity contribution in [3.8, 4) is 0 Å². The fraction of sp³-hybridized carbons (Fsp3) is 1.00. The highest BCUT2D eigenvalue weighted by Crippen LogP contribution is 2.25. The van der Waals surface area contributed by atoms with Crippen molar-refractivity contribution in [2.75, 3.05) is 0 Å². The first-order valence-electron chi connectivity index (χ1n) is 9.83. The van der Waals surface area contributed by atoms with E-state index in [9.17, 15) is 51.1 Å². The third-order valence-electron chi connectivity index (χ3n) is 5.00. The highest BCUT2D eigenvalue weighted by Gasteiger charge is 2.50. The molecule has 0 aromatic carbocycles. The molecule has 0 heterocycles. The lowest BCUT2D eigenvalue weighted by molar-refractivity contribution is -0.242. The zero-order chi connectivity index (χ0) is 23.5. The summed E-state index contributed by atoms with van der Waals surface area (Å²) in [6.45, 7) is 6.79. The van der Waals surface area contributed by atoms with Gasteiger partial charge in [-0.25, -0.2) is 0 Å². The molecule has 0 aromatic heterocycles. The number of rotatable bonds is 4. The van der Waals surface area contributed by atoms with Gasteiger partial charge in [-0.15, -0.1) is 0 Å². The highest BCUT2D eigenvalue weighted by molar-refractivity contribution is 5.00. The Hall–Kier alpha value is -0.480. The molecule has 0 spiro atoms. The van der Waals surface area contributed by atoms with Crippen LogP contribution in [0.2, 0.25) is 0 Å². The molecule has 2 saturated carbocycles. The molecule has 2 fully saturated rings. The molecular formula is C18H36O12. The minimum atomic E-state index is -1.57. The van der Waals surface area contributed by atoms with Crippen LogP contribution in [-0.2, 0) is 9.47 Å². The molecule has 10 N–H and O–H groups in total. The van der Waals surface area contributed by atoms with Crippen LogP contribution in [0.1, 0.15) is 27.7 Å². The van der Waals surface area contributed by atoms with Crippen LogP contribution in [0.5, 0.6) is 0 Å². The first-order chi connectivity index (χ1) is 13.7. The van der Waals surface area contributed by atoms with E-state index in [0.29, 0.717) is 0 Å². The van der Waals surface area contributed by atoms with Crippen LogP contribution in [0.15, 0.2) is 0 Å². The van der Waals surface area contributed by atoms with Gasteiger partial charge in [0.2, 0.25) is 0 Å². The molecule has 0 bridgehead atoms. The van der Waals surface area contributed by atoms with Crippen molar-refractivity contribution in [1.29, 1.82) is 0 Å². The van der Waals surface area contributed by atoms with Gasteiger partial charge in [0.05, 0.1) is 12.2 Å². The molecule has 2 aliphatic carbocycles. The Bertz CT molecular complexity index is 430. The predicted molar refractivity (Wildman–Crippen MR) is 100 cm³/mol. The summed E-state index contributed by atoms with van der Waals surface area (Å²) in [5.41, 5.74) is 0. The minimum absolute atomic E-state index is 0.269. The van der Waals surface area contributed by atoms with Crippen molar-refractivity contribution in [2.24, 2.45) is 0 Å². The summed E-state index contributed by atoms with van der Waals surface area (Å²) in [7, 11) is 0. The second-order valence-electron chi connectivity index (χ2n) is 8.20. The van der Waals surface area contributed by atoms with Gasteiger partial charge >= 0.3 is 0 Å². The fourth-order valence-electron chi connectivity index (χ4n) is 3.34. The van der Waals surface area contributed by atoms with Gasteiger partial charge in [-0.1, -0.05) is 0 Å². The average molecular weight is 444 g/mol. The van der Waals surface area contributed by atoms with Gasteiger partial charge in [0, 0.05) is 0 Å². The molecule has 2 rings (SSSR count). The largest absolute Gasteiger partial charge is 0.387 e. The van der Waals surface area contributed by atoms with Crippen LogP contribution < -0.4 is 0 Å². The second kappa shape index (κ2) is 11.4. The van der Waals surface area contributed by atoms with Gasteiger partial charge in [0.25, 0.3) is 0 Å². The molecule has 12 nitrogen and oxygen atoms in total. The van der Waals surface area contributed by atoms with Gasteiger partial charge in [-0.3, -0.25) is 0 Å². The Labute approximate surface area is 174 Å². The topological polar surface area (TPSA) is 221 Å². The molecular weight excluding hydrogens is 408 g/mol. The van der Waals surface area contributed by atoms with Crippen molar-refractivity contribution in [2.45, 2.75) is 113 Å². The number of hydrogen-bond acceptors (Lipinski definition) is 12. The lowest BCUT2D eigenvalue weighted by atomic mass is 9.85. The van der Waals surface area contributed by atoms with Crippen LogP contribution in [0.3, 0.4) is 0 Å². The molecule has 0 aromatic rings. The molecule has 0 saturated heterocycles. The number of aliphatic hydroxyl groups excluding tert-OH is 10. The zero-order valence-electron chi connectivity index (χ0n) is 17.4. The number of aliphatic hydroxyl groups is 10. The minimum Gasteiger partial charge on any atom is -0.387 e. The van der Waals surface area contributed by atoms with Crippen molar-refractivity contribution in [1.82, 2.24) is 0 Å². The third-order valence-corrected chi connectivity index (χ3v) is 5.00. The number of ether oxygens (including phenoxy) is 2. The van der Waals surface area contributed by atoms with Gasteiger partial charge < -0.3 is 60.5 Å². The fourth-order valence-corrected chi connectivity index (χ4v) is 3.34. The summed E-state index contributed by atoms with van der Waals surface area (Å²) in [6.07, 6.45) is -17.6. The molecule has 0 radical (unpaired) electrons. The summed E-state index contributed by atoms with van der Waals surface area (Å²) >= 11 is 0. The summed E-state index contributed by atoms with van der Waals surface area (Å²) < 4.78 is 10.3. The van der Waals surface area contributed by atoms with Crippen LogP contribution in [0.25, 0.3) is 0 Å². The van der Waals surface area contributed by atoms with Crippen LogP contribution >= 0.6 is 0 Å².